The lowest BCUT2D eigenvalue weighted by molar-refractivity contribution is -0.127. The maximum atomic E-state index is 14.0. The Morgan fingerprint density at radius 2 is 1.94 bits per heavy atom. The number of aliphatic hydroxyl groups excluding tert-OH is 1. The van der Waals surface area contributed by atoms with Crippen molar-refractivity contribution < 1.29 is 9.84 Å². The van der Waals surface area contributed by atoms with E-state index in [1.165, 1.54) is 0 Å². The Morgan fingerprint density at radius 1 is 1.15 bits per heavy atom. The van der Waals surface area contributed by atoms with Crippen molar-refractivity contribution in [2.45, 2.75) is 57.6 Å². The van der Waals surface area contributed by atoms with Crippen molar-refractivity contribution in [1.82, 2.24) is 14.5 Å². The first-order chi connectivity index (χ1) is 16.6. The maximum absolute atomic E-state index is 14.0. The summed E-state index contributed by atoms with van der Waals surface area (Å²) in [6.45, 7) is 6.61. The molecule has 0 radical (unpaired) electrons. The van der Waals surface area contributed by atoms with Crippen LogP contribution in [0.4, 0.5) is 11.6 Å². The molecule has 6 rings (SSSR count). The molecule has 1 aliphatic carbocycles. The number of anilines is 2. The van der Waals surface area contributed by atoms with Gasteiger partial charge in [0.05, 0.1) is 30.1 Å². The van der Waals surface area contributed by atoms with Gasteiger partial charge in [-0.3, -0.25) is 9.36 Å². The van der Waals surface area contributed by atoms with E-state index in [0.29, 0.717) is 29.9 Å². The second-order valence-corrected chi connectivity index (χ2v) is 10.4. The summed E-state index contributed by atoms with van der Waals surface area (Å²) in [4.78, 5) is 25.7. The van der Waals surface area contributed by atoms with Gasteiger partial charge in [0.25, 0.3) is 5.56 Å². The van der Waals surface area contributed by atoms with Gasteiger partial charge in [0.2, 0.25) is 5.95 Å². The van der Waals surface area contributed by atoms with Gasteiger partial charge in [-0.05, 0) is 49.6 Å². The van der Waals surface area contributed by atoms with Gasteiger partial charge in [-0.1, -0.05) is 19.4 Å². The van der Waals surface area contributed by atoms with E-state index in [1.807, 2.05) is 16.8 Å². The molecule has 0 bridgehead atoms. The van der Waals surface area contributed by atoms with E-state index in [-0.39, 0.29) is 17.7 Å². The molecule has 34 heavy (non-hydrogen) atoms. The molecule has 8 nitrogen and oxygen atoms in total. The first-order valence-corrected chi connectivity index (χ1v) is 12.7. The zero-order valence-corrected chi connectivity index (χ0v) is 19.8. The van der Waals surface area contributed by atoms with Crippen molar-refractivity contribution in [3.63, 3.8) is 0 Å². The Morgan fingerprint density at radius 3 is 2.65 bits per heavy atom. The number of hydrogen-bond donors (Lipinski definition) is 2. The van der Waals surface area contributed by atoms with Gasteiger partial charge in [-0.15, -0.1) is 0 Å². The number of unbranched alkanes of at least 4 members (excludes halogenated alkanes) is 1. The topological polar surface area (TPSA) is 92.5 Å². The molecule has 3 aliphatic rings. The predicted molar refractivity (Wildman–Crippen MR) is 134 cm³/mol. The number of benzene rings is 1. The molecule has 1 aromatic carbocycles. The molecule has 2 aliphatic heterocycles. The van der Waals surface area contributed by atoms with Crippen LogP contribution in [0.1, 0.15) is 51.5 Å². The average molecular weight is 464 g/mol. The minimum atomic E-state index is -0.277. The first kappa shape index (κ1) is 21.8. The third kappa shape index (κ3) is 3.64. The van der Waals surface area contributed by atoms with Crippen LogP contribution in [0.15, 0.2) is 29.2 Å². The molecule has 2 aromatic heterocycles. The lowest BCUT2D eigenvalue weighted by Gasteiger charge is -2.56. The summed E-state index contributed by atoms with van der Waals surface area (Å²) in [5, 5.41) is 15.9. The summed E-state index contributed by atoms with van der Waals surface area (Å²) in [7, 11) is 0. The van der Waals surface area contributed by atoms with Crippen molar-refractivity contribution >= 4 is 33.4 Å². The number of hydrogen-bond acceptors (Lipinski definition) is 7. The van der Waals surface area contributed by atoms with Crippen LogP contribution in [0.5, 0.6) is 0 Å². The molecule has 2 N–H and O–H groups in total. The minimum Gasteiger partial charge on any atom is -0.393 e. The molecule has 2 saturated heterocycles. The maximum Gasteiger partial charge on any atom is 0.260 e. The highest BCUT2D eigenvalue weighted by molar-refractivity contribution is 6.05. The first-order valence-electron chi connectivity index (χ1n) is 12.7. The number of nitrogens with zero attached hydrogens (tertiary/aromatic N) is 4. The Hall–Kier alpha value is -2.71. The Kier molecular flexibility index (Phi) is 5.45. The number of pyridine rings is 1. The Bertz CT molecular complexity index is 1270. The van der Waals surface area contributed by atoms with Crippen LogP contribution in [0, 0.1) is 5.41 Å². The zero-order chi connectivity index (χ0) is 23.3. The molecule has 1 spiro atoms. The van der Waals surface area contributed by atoms with Gasteiger partial charge in [0.1, 0.15) is 5.65 Å². The number of ether oxygens (including phenoxy) is 1. The van der Waals surface area contributed by atoms with Gasteiger partial charge >= 0.3 is 0 Å². The molecule has 1 saturated carbocycles. The average Bonchev–Trinajstić information content (AvgIpc) is 2.79. The van der Waals surface area contributed by atoms with Gasteiger partial charge in [-0.25, -0.2) is 4.98 Å². The minimum absolute atomic E-state index is 0.00571. The predicted octanol–water partition coefficient (Wildman–Crippen LogP) is 3.47. The van der Waals surface area contributed by atoms with Gasteiger partial charge in [0, 0.05) is 42.9 Å². The van der Waals surface area contributed by atoms with Crippen LogP contribution in [-0.2, 0) is 4.74 Å². The van der Waals surface area contributed by atoms with E-state index in [9.17, 15) is 9.90 Å². The van der Waals surface area contributed by atoms with Crippen molar-refractivity contribution in [2.75, 3.05) is 43.1 Å². The van der Waals surface area contributed by atoms with Gasteiger partial charge < -0.3 is 20.1 Å². The highest BCUT2D eigenvalue weighted by atomic mass is 16.5. The van der Waals surface area contributed by atoms with Crippen LogP contribution in [0.25, 0.3) is 21.8 Å². The summed E-state index contributed by atoms with van der Waals surface area (Å²) in [6, 6.07) is 6.25. The Balaban J connectivity index is 1.45. The Labute approximate surface area is 198 Å². The highest BCUT2D eigenvalue weighted by Gasteiger charge is 2.49. The van der Waals surface area contributed by atoms with Crippen molar-refractivity contribution in [1.29, 1.82) is 0 Å². The van der Waals surface area contributed by atoms with Crippen LogP contribution in [0.2, 0.25) is 0 Å². The monoisotopic (exact) mass is 463 g/mol. The third-order valence-corrected chi connectivity index (χ3v) is 7.82. The number of aliphatic hydroxyl groups is 1. The SMILES string of the molecule is CCCCNc1ncc2c3ccc(N4CC5(COC5)C4)cc3c(=O)n([C@H]3CC[C@H](O)CC3)c2n1. The number of fused-ring (bicyclic) bond motifs is 3. The summed E-state index contributed by atoms with van der Waals surface area (Å²) < 4.78 is 7.30. The number of aromatic nitrogens is 3. The zero-order valence-electron chi connectivity index (χ0n) is 19.8. The van der Waals surface area contributed by atoms with Crippen molar-refractivity contribution in [3.05, 3.63) is 34.7 Å². The molecule has 180 valence electrons. The summed E-state index contributed by atoms with van der Waals surface area (Å²) in [5.41, 5.74) is 2.10. The van der Waals surface area contributed by atoms with E-state index in [4.69, 9.17) is 9.72 Å². The van der Waals surface area contributed by atoms with E-state index in [2.05, 4.69) is 34.3 Å². The smallest absolute Gasteiger partial charge is 0.260 e. The largest absolute Gasteiger partial charge is 0.393 e. The number of rotatable bonds is 6. The van der Waals surface area contributed by atoms with Crippen LogP contribution >= 0.6 is 0 Å². The lowest BCUT2D eigenvalue weighted by Crippen LogP contribution is -2.66. The molecule has 3 fully saturated rings. The number of nitrogens with one attached hydrogen (secondary N) is 1. The fraction of sp³-hybridized carbons (Fsp3) is 0.577. The normalized spacial score (nSPS) is 23.8. The van der Waals surface area contributed by atoms with E-state index in [0.717, 1.165) is 80.4 Å². The lowest BCUT2D eigenvalue weighted by atomic mass is 9.77. The molecule has 0 atom stereocenters. The van der Waals surface area contributed by atoms with E-state index >= 15 is 0 Å². The molecule has 0 amide bonds. The summed E-state index contributed by atoms with van der Waals surface area (Å²) in [6.07, 6.45) is 6.68. The van der Waals surface area contributed by atoms with Crippen LogP contribution in [-0.4, -0.2) is 58.6 Å². The van der Waals surface area contributed by atoms with Crippen LogP contribution in [0.3, 0.4) is 0 Å². The third-order valence-electron chi connectivity index (χ3n) is 7.82. The quantitative estimate of drug-likeness (QED) is 0.427. The van der Waals surface area contributed by atoms with Gasteiger partial charge in [-0.2, -0.15) is 4.98 Å². The van der Waals surface area contributed by atoms with E-state index in [1.54, 1.807) is 0 Å². The van der Waals surface area contributed by atoms with Crippen molar-refractivity contribution in [2.24, 2.45) is 5.41 Å². The fourth-order valence-electron chi connectivity index (χ4n) is 5.75. The van der Waals surface area contributed by atoms with E-state index < -0.39 is 0 Å². The molecule has 0 unspecified atom stereocenters. The molecular formula is C26H33N5O3. The van der Waals surface area contributed by atoms with Crippen molar-refractivity contribution in [3.8, 4) is 0 Å². The second-order valence-electron chi connectivity index (χ2n) is 10.4. The molecular weight excluding hydrogens is 430 g/mol. The molecule has 8 heteroatoms. The molecule has 4 heterocycles. The molecule has 3 aromatic rings. The summed E-state index contributed by atoms with van der Waals surface area (Å²) in [5.74, 6) is 0.564. The standard InChI is InChI=1S/C26H33N5O3/c1-2-3-10-27-25-28-12-22-20-9-6-18(30-13-26(14-30)15-34-16-26)11-21(20)24(33)31(23(22)29-25)17-4-7-19(32)8-5-17/h6,9,11-12,17,19,32H,2-5,7-8,10,13-16H2,1H3,(H,27,28,29)/t17-,19-. The second kappa shape index (κ2) is 8.50. The summed E-state index contributed by atoms with van der Waals surface area (Å²) >= 11 is 0. The fourth-order valence-corrected chi connectivity index (χ4v) is 5.75. The highest BCUT2D eigenvalue weighted by Crippen LogP contribution is 2.41. The van der Waals surface area contributed by atoms with Gasteiger partial charge in [0.15, 0.2) is 0 Å². The van der Waals surface area contributed by atoms with Crippen LogP contribution < -0.4 is 15.8 Å².